The highest BCUT2D eigenvalue weighted by Gasteiger charge is 2.21. The van der Waals surface area contributed by atoms with Gasteiger partial charge in [-0.15, -0.1) is 0 Å². The number of carboxylic acids is 1. The zero-order valence-electron chi connectivity index (χ0n) is 20.1. The number of fused-ring (bicyclic) bond motifs is 1. The van der Waals surface area contributed by atoms with E-state index in [4.69, 9.17) is 9.72 Å². The molecule has 0 aliphatic carbocycles. The fourth-order valence-electron chi connectivity index (χ4n) is 4.58. The Bertz CT molecular complexity index is 1210. The summed E-state index contributed by atoms with van der Waals surface area (Å²) >= 11 is 0. The molecule has 0 bridgehead atoms. The first-order valence-electron chi connectivity index (χ1n) is 12.0. The quantitative estimate of drug-likeness (QED) is 0.444. The van der Waals surface area contributed by atoms with Crippen LogP contribution in [0.15, 0.2) is 35.3 Å². The maximum atomic E-state index is 11.9. The van der Waals surface area contributed by atoms with Crippen LogP contribution in [0.1, 0.15) is 44.2 Å². The van der Waals surface area contributed by atoms with E-state index in [-0.39, 0.29) is 5.56 Å². The molecule has 8 nitrogen and oxygen atoms in total. The van der Waals surface area contributed by atoms with Crippen LogP contribution in [0.2, 0.25) is 0 Å². The van der Waals surface area contributed by atoms with Gasteiger partial charge >= 0.3 is 5.97 Å². The van der Waals surface area contributed by atoms with E-state index in [1.165, 1.54) is 0 Å². The molecule has 0 spiro atoms. The highest BCUT2D eigenvalue weighted by molar-refractivity contribution is 5.81. The number of hydrogen-bond acceptors (Lipinski definition) is 5. The normalized spacial score (nSPS) is 15.8. The molecule has 34 heavy (non-hydrogen) atoms. The number of benzene rings is 1. The topological polar surface area (TPSA) is 109 Å². The third-order valence-electron chi connectivity index (χ3n) is 6.50. The molecule has 0 amide bonds. The molecular weight excluding hydrogens is 432 g/mol. The summed E-state index contributed by atoms with van der Waals surface area (Å²) in [5, 5.41) is 12.8. The van der Waals surface area contributed by atoms with Gasteiger partial charge in [0.15, 0.2) is 0 Å². The number of aliphatic carboxylic acids is 1. The van der Waals surface area contributed by atoms with Crippen molar-refractivity contribution in [1.82, 2.24) is 19.9 Å². The third kappa shape index (κ3) is 5.56. The molecule has 3 aromatic rings. The summed E-state index contributed by atoms with van der Waals surface area (Å²) in [5.74, 6) is 0.780. The van der Waals surface area contributed by atoms with Crippen LogP contribution < -0.4 is 10.9 Å². The maximum Gasteiger partial charge on any atom is 0.320 e. The number of nitrogens with zero attached hydrogens (tertiary/aromatic N) is 2. The second-order valence-electron chi connectivity index (χ2n) is 9.73. The lowest BCUT2D eigenvalue weighted by molar-refractivity contribution is -0.140. The van der Waals surface area contributed by atoms with Crippen LogP contribution in [0.25, 0.3) is 22.4 Å². The van der Waals surface area contributed by atoms with Gasteiger partial charge in [0.2, 0.25) is 0 Å². The predicted octanol–water partition coefficient (Wildman–Crippen LogP) is 3.72. The van der Waals surface area contributed by atoms with E-state index < -0.39 is 12.0 Å². The summed E-state index contributed by atoms with van der Waals surface area (Å²) in [6.45, 7) is 8.67. The molecule has 2 aromatic heterocycles. The van der Waals surface area contributed by atoms with Crippen LogP contribution in [-0.4, -0.2) is 44.9 Å². The first kappa shape index (κ1) is 24.2. The van der Waals surface area contributed by atoms with Crippen LogP contribution in [0.4, 0.5) is 0 Å². The van der Waals surface area contributed by atoms with Crippen LogP contribution in [0.3, 0.4) is 0 Å². The Morgan fingerprint density at radius 3 is 2.74 bits per heavy atom. The van der Waals surface area contributed by atoms with Crippen molar-refractivity contribution < 1.29 is 14.6 Å². The Hall–Kier alpha value is -2.97. The predicted molar refractivity (Wildman–Crippen MR) is 132 cm³/mol. The van der Waals surface area contributed by atoms with E-state index in [9.17, 15) is 14.7 Å². The van der Waals surface area contributed by atoms with E-state index in [2.05, 4.69) is 20.9 Å². The minimum absolute atomic E-state index is 0.0985. The van der Waals surface area contributed by atoms with Crippen molar-refractivity contribution in [1.29, 1.82) is 0 Å². The van der Waals surface area contributed by atoms with Gasteiger partial charge in [-0.25, -0.2) is 4.98 Å². The molecule has 3 N–H and O–H groups in total. The van der Waals surface area contributed by atoms with Gasteiger partial charge in [-0.2, -0.15) is 0 Å². The van der Waals surface area contributed by atoms with Crippen LogP contribution >= 0.6 is 0 Å². The lowest BCUT2D eigenvalue weighted by atomic mass is 10.00. The largest absolute Gasteiger partial charge is 0.480 e. The van der Waals surface area contributed by atoms with Gasteiger partial charge in [-0.3, -0.25) is 9.59 Å². The molecule has 1 unspecified atom stereocenters. The molecule has 0 radical (unpaired) electrons. The minimum Gasteiger partial charge on any atom is -0.480 e. The van der Waals surface area contributed by atoms with Gasteiger partial charge in [0, 0.05) is 43.6 Å². The van der Waals surface area contributed by atoms with Crippen molar-refractivity contribution in [3.8, 4) is 11.4 Å². The van der Waals surface area contributed by atoms with Crippen LogP contribution in [-0.2, 0) is 22.6 Å². The molecule has 0 saturated carbocycles. The zero-order valence-corrected chi connectivity index (χ0v) is 20.1. The number of pyridine rings is 1. The molecule has 1 atom stereocenters. The van der Waals surface area contributed by atoms with Crippen molar-refractivity contribution >= 4 is 17.0 Å². The standard InChI is InChI=1S/C26H34N4O4/c1-16(2)10-22(26(32)33)27-13-19-4-5-21-23(12-19)30(15-18-6-8-34-9-7-18)24(29-21)20-11-17(3)25(31)28-14-20/h4-5,11-12,14,16,18,22,27H,6-10,13,15H2,1-3H3,(H,28,31)(H,32,33). The summed E-state index contributed by atoms with van der Waals surface area (Å²) in [5.41, 5.74) is 4.34. The molecule has 8 heteroatoms. The summed E-state index contributed by atoms with van der Waals surface area (Å²) < 4.78 is 7.79. The van der Waals surface area contributed by atoms with E-state index in [0.717, 1.165) is 60.6 Å². The number of nitrogens with one attached hydrogen (secondary N) is 2. The molecule has 1 aliphatic heterocycles. The van der Waals surface area contributed by atoms with Gasteiger partial charge in [0.25, 0.3) is 5.56 Å². The van der Waals surface area contributed by atoms with Gasteiger partial charge in [-0.05, 0) is 61.8 Å². The Kier molecular flexibility index (Phi) is 7.48. The number of carboxylic acid groups (broad SMARTS) is 1. The van der Waals surface area contributed by atoms with E-state index in [0.29, 0.717) is 30.4 Å². The Morgan fingerprint density at radius 2 is 2.06 bits per heavy atom. The number of carbonyl (C=O) groups is 1. The summed E-state index contributed by atoms with van der Waals surface area (Å²) in [7, 11) is 0. The highest BCUT2D eigenvalue weighted by atomic mass is 16.5. The Morgan fingerprint density at radius 1 is 1.29 bits per heavy atom. The van der Waals surface area contributed by atoms with E-state index >= 15 is 0 Å². The average Bonchev–Trinajstić information content (AvgIpc) is 3.16. The van der Waals surface area contributed by atoms with Crippen molar-refractivity contribution in [2.75, 3.05) is 13.2 Å². The second-order valence-corrected chi connectivity index (χ2v) is 9.73. The van der Waals surface area contributed by atoms with Gasteiger partial charge in [-0.1, -0.05) is 19.9 Å². The molecule has 182 valence electrons. The van der Waals surface area contributed by atoms with Crippen molar-refractivity contribution in [2.45, 2.75) is 59.2 Å². The molecule has 1 aromatic carbocycles. The third-order valence-corrected chi connectivity index (χ3v) is 6.50. The van der Waals surface area contributed by atoms with Gasteiger partial charge in [0.05, 0.1) is 11.0 Å². The lowest BCUT2D eigenvalue weighted by Crippen LogP contribution is -2.37. The molecular formula is C26H34N4O4. The molecule has 1 fully saturated rings. The van der Waals surface area contributed by atoms with Gasteiger partial charge < -0.3 is 24.7 Å². The first-order valence-corrected chi connectivity index (χ1v) is 12.0. The summed E-state index contributed by atoms with van der Waals surface area (Å²) in [6.07, 6.45) is 4.30. The van der Waals surface area contributed by atoms with Crippen molar-refractivity contribution in [2.24, 2.45) is 11.8 Å². The van der Waals surface area contributed by atoms with Crippen LogP contribution in [0, 0.1) is 18.8 Å². The molecule has 4 rings (SSSR count). The minimum atomic E-state index is -0.824. The Balaban J connectivity index is 1.69. The van der Waals surface area contributed by atoms with Crippen molar-refractivity contribution in [3.63, 3.8) is 0 Å². The lowest BCUT2D eigenvalue weighted by Gasteiger charge is -2.23. The number of ether oxygens (including phenoxy) is 1. The zero-order chi connectivity index (χ0) is 24.2. The summed E-state index contributed by atoms with van der Waals surface area (Å²) in [4.78, 5) is 31.3. The van der Waals surface area contributed by atoms with E-state index in [1.54, 1.807) is 13.1 Å². The average molecular weight is 467 g/mol. The monoisotopic (exact) mass is 466 g/mol. The number of aromatic amines is 1. The van der Waals surface area contributed by atoms with Gasteiger partial charge in [0.1, 0.15) is 11.9 Å². The second kappa shape index (κ2) is 10.5. The number of H-pyrrole nitrogens is 1. The number of aromatic nitrogens is 3. The SMILES string of the molecule is Cc1cc(-c2nc3ccc(CNC(CC(C)C)C(=O)O)cc3n2CC2CCOCC2)c[nH]c1=O. The summed E-state index contributed by atoms with van der Waals surface area (Å²) in [6, 6.07) is 7.39. The fourth-order valence-corrected chi connectivity index (χ4v) is 4.58. The van der Waals surface area contributed by atoms with Crippen molar-refractivity contribution in [3.05, 3.63) is 51.9 Å². The fraction of sp³-hybridized carbons (Fsp3) is 0.500. The molecule has 1 aliphatic rings. The van der Waals surface area contributed by atoms with E-state index in [1.807, 2.05) is 32.0 Å². The number of hydrogen-bond donors (Lipinski definition) is 3. The first-order chi connectivity index (χ1) is 16.3. The van der Waals surface area contributed by atoms with Crippen LogP contribution in [0.5, 0.6) is 0 Å². The highest BCUT2D eigenvalue weighted by Crippen LogP contribution is 2.28. The number of imidazole rings is 1. The maximum absolute atomic E-state index is 11.9. The number of rotatable bonds is 9. The smallest absolute Gasteiger partial charge is 0.320 e. The molecule has 3 heterocycles. The number of aryl methyl sites for hydroxylation is 1. The molecule has 1 saturated heterocycles. The Labute approximate surface area is 199 Å².